The van der Waals surface area contributed by atoms with Crippen molar-refractivity contribution in [3.05, 3.63) is 32.7 Å². The number of rotatable bonds is 3. The van der Waals surface area contributed by atoms with Gasteiger partial charge in [0.25, 0.3) is 0 Å². The molecule has 0 saturated carbocycles. The van der Waals surface area contributed by atoms with Crippen LogP contribution in [0.5, 0.6) is 0 Å². The lowest BCUT2D eigenvalue weighted by Gasteiger charge is -2.29. The second-order valence-corrected chi connectivity index (χ2v) is 5.33. The summed E-state index contributed by atoms with van der Waals surface area (Å²) in [5.74, 6) is 0. The number of anilines is 1. The Morgan fingerprint density at radius 2 is 1.85 bits per heavy atom. The summed E-state index contributed by atoms with van der Waals surface area (Å²) >= 11 is 0. The van der Waals surface area contributed by atoms with Gasteiger partial charge in [-0.1, -0.05) is 5.11 Å². The normalized spacial score (nSPS) is 15.9. The van der Waals surface area contributed by atoms with Crippen LogP contribution in [0.1, 0.15) is 22.3 Å². The fourth-order valence-corrected chi connectivity index (χ4v) is 2.80. The lowest BCUT2D eigenvalue weighted by atomic mass is 9.94. The summed E-state index contributed by atoms with van der Waals surface area (Å²) in [6.07, 6.45) is 0. The molecular formula is C14H22N6. The summed E-state index contributed by atoms with van der Waals surface area (Å²) in [5.41, 5.74) is 20.6. The van der Waals surface area contributed by atoms with Gasteiger partial charge in [-0.05, 0) is 48.6 Å². The van der Waals surface area contributed by atoms with Crippen molar-refractivity contribution in [1.82, 2.24) is 10.2 Å². The van der Waals surface area contributed by atoms with E-state index >= 15 is 0 Å². The number of piperazine rings is 1. The summed E-state index contributed by atoms with van der Waals surface area (Å²) in [6, 6.07) is 0. The van der Waals surface area contributed by atoms with Crippen LogP contribution in [0.15, 0.2) is 5.11 Å². The molecule has 1 aliphatic rings. The molecule has 0 bridgehead atoms. The predicted octanol–water partition coefficient (Wildman–Crippen LogP) is 2.54. The Morgan fingerprint density at radius 1 is 1.20 bits per heavy atom. The highest BCUT2D eigenvalue weighted by molar-refractivity contribution is 5.70. The molecule has 6 nitrogen and oxygen atoms in total. The third kappa shape index (κ3) is 2.72. The predicted molar refractivity (Wildman–Crippen MR) is 82.0 cm³/mol. The molecule has 0 unspecified atom stereocenters. The number of nitrogen functional groups attached to an aromatic ring is 1. The third-order valence-electron chi connectivity index (χ3n) is 4.16. The van der Waals surface area contributed by atoms with Crippen LogP contribution in [-0.2, 0) is 6.54 Å². The maximum absolute atomic E-state index is 8.74. The fraction of sp³-hybridized carbons (Fsp3) is 0.571. The standard InChI is InChI=1S/C14H22N6/c1-9-12(8-20-6-4-17-5-7-20)10(2)14(18-19-16)11(3)13(9)15/h17H,4-8,15H2,1-3H3. The van der Waals surface area contributed by atoms with Crippen LogP contribution in [0.2, 0.25) is 0 Å². The molecule has 1 saturated heterocycles. The molecule has 1 aromatic carbocycles. The van der Waals surface area contributed by atoms with Crippen LogP contribution in [0.3, 0.4) is 0 Å². The molecule has 6 heteroatoms. The fourth-order valence-electron chi connectivity index (χ4n) is 2.80. The first-order valence-electron chi connectivity index (χ1n) is 6.92. The Balaban J connectivity index is 2.43. The number of nitrogens with two attached hydrogens (primary N) is 1. The molecule has 0 aromatic heterocycles. The maximum Gasteiger partial charge on any atom is 0.0457 e. The lowest BCUT2D eigenvalue weighted by molar-refractivity contribution is 0.232. The summed E-state index contributed by atoms with van der Waals surface area (Å²) < 4.78 is 0. The van der Waals surface area contributed by atoms with Gasteiger partial charge in [0.2, 0.25) is 0 Å². The number of benzene rings is 1. The number of hydrogen-bond acceptors (Lipinski definition) is 4. The van der Waals surface area contributed by atoms with Gasteiger partial charge in [0.05, 0.1) is 0 Å². The van der Waals surface area contributed by atoms with Crippen LogP contribution in [-0.4, -0.2) is 31.1 Å². The van der Waals surface area contributed by atoms with E-state index in [2.05, 4.69) is 20.2 Å². The average molecular weight is 274 g/mol. The van der Waals surface area contributed by atoms with E-state index in [1.807, 2.05) is 20.8 Å². The zero-order valence-corrected chi connectivity index (χ0v) is 12.4. The number of nitrogens with one attached hydrogen (secondary N) is 1. The molecular weight excluding hydrogens is 252 g/mol. The molecule has 0 amide bonds. The lowest BCUT2D eigenvalue weighted by Crippen LogP contribution is -2.43. The van der Waals surface area contributed by atoms with Crippen LogP contribution in [0, 0.1) is 20.8 Å². The van der Waals surface area contributed by atoms with Gasteiger partial charge in [0.1, 0.15) is 0 Å². The average Bonchev–Trinajstić information content (AvgIpc) is 2.47. The first kappa shape index (κ1) is 14.7. The van der Waals surface area contributed by atoms with E-state index < -0.39 is 0 Å². The van der Waals surface area contributed by atoms with Crippen molar-refractivity contribution in [1.29, 1.82) is 0 Å². The Hall–Kier alpha value is -1.75. The molecule has 1 aromatic rings. The van der Waals surface area contributed by atoms with Gasteiger partial charge in [-0.2, -0.15) is 0 Å². The third-order valence-corrected chi connectivity index (χ3v) is 4.16. The molecule has 0 spiro atoms. The van der Waals surface area contributed by atoms with E-state index in [0.29, 0.717) is 5.69 Å². The SMILES string of the molecule is Cc1c(N)c(C)c(N=[N+]=[N-])c(C)c1CN1CCNCC1. The minimum atomic E-state index is 0.681. The first-order chi connectivity index (χ1) is 9.56. The van der Waals surface area contributed by atoms with Crippen LogP contribution in [0.4, 0.5) is 11.4 Å². The largest absolute Gasteiger partial charge is 0.398 e. The number of hydrogen-bond donors (Lipinski definition) is 2. The molecule has 108 valence electrons. The van der Waals surface area contributed by atoms with Crippen LogP contribution in [0.25, 0.3) is 10.4 Å². The molecule has 0 radical (unpaired) electrons. The second-order valence-electron chi connectivity index (χ2n) is 5.33. The van der Waals surface area contributed by atoms with Gasteiger partial charge in [-0.25, -0.2) is 0 Å². The molecule has 2 rings (SSSR count). The topological polar surface area (TPSA) is 90.0 Å². The smallest absolute Gasteiger partial charge is 0.0457 e. The molecule has 0 aliphatic carbocycles. The number of nitrogens with zero attached hydrogens (tertiary/aromatic N) is 4. The van der Waals surface area contributed by atoms with Gasteiger partial charge in [0.15, 0.2) is 0 Å². The van der Waals surface area contributed by atoms with Crippen molar-refractivity contribution in [3.8, 4) is 0 Å². The highest BCUT2D eigenvalue weighted by Gasteiger charge is 2.18. The quantitative estimate of drug-likeness (QED) is 0.384. The molecule has 3 N–H and O–H groups in total. The van der Waals surface area contributed by atoms with Crippen molar-refractivity contribution >= 4 is 11.4 Å². The Labute approximate surface area is 119 Å². The van der Waals surface area contributed by atoms with E-state index in [9.17, 15) is 0 Å². The number of azide groups is 1. The first-order valence-corrected chi connectivity index (χ1v) is 6.92. The monoisotopic (exact) mass is 274 g/mol. The maximum atomic E-state index is 8.74. The van der Waals surface area contributed by atoms with Gasteiger partial charge < -0.3 is 11.1 Å². The van der Waals surface area contributed by atoms with E-state index in [4.69, 9.17) is 11.3 Å². The van der Waals surface area contributed by atoms with Gasteiger partial charge in [-0.15, -0.1) is 0 Å². The Morgan fingerprint density at radius 3 is 2.45 bits per heavy atom. The van der Waals surface area contributed by atoms with Crippen molar-refractivity contribution in [2.24, 2.45) is 5.11 Å². The Kier molecular flexibility index (Phi) is 4.49. The molecule has 1 aliphatic heterocycles. The second kappa shape index (κ2) is 6.13. The van der Waals surface area contributed by atoms with Crippen molar-refractivity contribution in [2.45, 2.75) is 27.3 Å². The van der Waals surface area contributed by atoms with Crippen LogP contribution >= 0.6 is 0 Å². The summed E-state index contributed by atoms with van der Waals surface area (Å²) in [4.78, 5) is 5.34. The zero-order valence-electron chi connectivity index (χ0n) is 12.4. The van der Waals surface area contributed by atoms with E-state index in [-0.39, 0.29) is 0 Å². The minimum Gasteiger partial charge on any atom is -0.398 e. The summed E-state index contributed by atoms with van der Waals surface area (Å²) in [7, 11) is 0. The van der Waals surface area contributed by atoms with Crippen LogP contribution < -0.4 is 11.1 Å². The van der Waals surface area contributed by atoms with Crippen molar-refractivity contribution in [3.63, 3.8) is 0 Å². The molecule has 0 atom stereocenters. The zero-order chi connectivity index (χ0) is 14.7. The highest BCUT2D eigenvalue weighted by atomic mass is 15.2. The van der Waals surface area contributed by atoms with Gasteiger partial charge in [-0.3, -0.25) is 4.90 Å². The molecule has 1 fully saturated rings. The summed E-state index contributed by atoms with van der Waals surface area (Å²) in [6.45, 7) is 10.9. The molecule has 1 heterocycles. The highest BCUT2D eigenvalue weighted by Crippen LogP contribution is 2.35. The minimum absolute atomic E-state index is 0.681. The van der Waals surface area contributed by atoms with E-state index in [1.165, 1.54) is 5.56 Å². The van der Waals surface area contributed by atoms with Gasteiger partial charge in [0, 0.05) is 49.0 Å². The Bertz CT molecular complexity index is 554. The molecule has 20 heavy (non-hydrogen) atoms. The van der Waals surface area contributed by atoms with Gasteiger partial charge >= 0.3 is 0 Å². The van der Waals surface area contributed by atoms with Crippen molar-refractivity contribution < 1.29 is 0 Å². The summed E-state index contributed by atoms with van der Waals surface area (Å²) in [5, 5.41) is 7.18. The van der Waals surface area contributed by atoms with E-state index in [0.717, 1.165) is 55.1 Å². The van der Waals surface area contributed by atoms with Crippen molar-refractivity contribution in [2.75, 3.05) is 31.9 Å². The van der Waals surface area contributed by atoms with E-state index in [1.54, 1.807) is 0 Å².